The molecule has 0 amide bonds. The van der Waals surface area contributed by atoms with Crippen LogP contribution in [0.25, 0.3) is 0 Å². The van der Waals surface area contributed by atoms with Gasteiger partial charge in [0.15, 0.2) is 6.10 Å². The Labute approximate surface area is 560 Å². The number of carbonyl (C=O) groups excluding carboxylic acids is 2. The highest BCUT2D eigenvalue weighted by Crippen LogP contribution is 2.18. The summed E-state index contributed by atoms with van der Waals surface area (Å²) in [5.74, 6) is -2.00. The summed E-state index contributed by atoms with van der Waals surface area (Å²) >= 11 is 0. The van der Waals surface area contributed by atoms with Gasteiger partial charge in [-0.1, -0.05) is 321 Å². The van der Waals surface area contributed by atoms with Gasteiger partial charge in [0, 0.05) is 12.8 Å². The number of nitrogens with zero attached hydrogens (tertiary/aromatic N) is 1. The Morgan fingerprint density at radius 3 is 0.879 bits per heavy atom. The molecule has 0 aromatic heterocycles. The summed E-state index contributed by atoms with van der Waals surface area (Å²) in [6, 6.07) is 0. The van der Waals surface area contributed by atoms with Crippen LogP contribution in [0.3, 0.4) is 0 Å². The molecule has 0 bridgehead atoms. The number of rotatable bonds is 68. The minimum Gasteiger partial charge on any atom is -0.477 e. The van der Waals surface area contributed by atoms with Gasteiger partial charge < -0.3 is 28.5 Å². The summed E-state index contributed by atoms with van der Waals surface area (Å²) in [7, 11) is 5.98. The molecule has 91 heavy (non-hydrogen) atoms. The lowest BCUT2D eigenvalue weighted by Crippen LogP contribution is -2.40. The Bertz CT molecular complexity index is 1960. The van der Waals surface area contributed by atoms with Crippen LogP contribution in [0, 0.1) is 0 Å². The maximum atomic E-state index is 13.0. The summed E-state index contributed by atoms with van der Waals surface area (Å²) in [4.78, 5) is 37.7. The molecule has 0 saturated carbocycles. The fourth-order valence-corrected chi connectivity index (χ4v) is 10.3. The zero-order valence-electron chi connectivity index (χ0n) is 59.5. The second-order valence-electron chi connectivity index (χ2n) is 25.8. The smallest absolute Gasteiger partial charge is 0.361 e. The van der Waals surface area contributed by atoms with Crippen molar-refractivity contribution in [2.24, 2.45) is 0 Å². The van der Waals surface area contributed by atoms with E-state index < -0.39 is 24.3 Å². The maximum Gasteiger partial charge on any atom is 0.361 e. The lowest BCUT2D eigenvalue weighted by Gasteiger charge is -2.25. The van der Waals surface area contributed by atoms with Crippen LogP contribution in [0.4, 0.5) is 0 Å². The predicted molar refractivity (Wildman–Crippen MR) is 391 cm³/mol. The first-order chi connectivity index (χ1) is 44.6. The number of esters is 2. The first-order valence-corrected chi connectivity index (χ1v) is 37.3. The highest BCUT2D eigenvalue weighted by molar-refractivity contribution is 5.71. The van der Waals surface area contributed by atoms with Gasteiger partial charge in [-0.05, 0) is 109 Å². The molecule has 2 atom stereocenters. The highest BCUT2D eigenvalue weighted by atomic mass is 16.7. The van der Waals surface area contributed by atoms with Gasteiger partial charge in [-0.15, -0.1) is 0 Å². The van der Waals surface area contributed by atoms with Crippen LogP contribution in [0.1, 0.15) is 309 Å². The van der Waals surface area contributed by atoms with Crippen molar-refractivity contribution < 1.29 is 42.9 Å². The van der Waals surface area contributed by atoms with Crippen molar-refractivity contribution in [3.63, 3.8) is 0 Å². The van der Waals surface area contributed by atoms with Crippen molar-refractivity contribution in [1.82, 2.24) is 0 Å². The van der Waals surface area contributed by atoms with Crippen molar-refractivity contribution in [1.29, 1.82) is 0 Å². The minimum atomic E-state index is -1.52. The Hall–Kier alpha value is -4.57. The quantitative estimate of drug-likeness (QED) is 0.0211. The van der Waals surface area contributed by atoms with E-state index in [0.717, 1.165) is 109 Å². The van der Waals surface area contributed by atoms with Gasteiger partial charge in [-0.3, -0.25) is 9.59 Å². The molecule has 0 aromatic rings. The normalized spacial score (nSPS) is 13.5. The monoisotopic (exact) mass is 1270 g/mol. The summed E-state index contributed by atoms with van der Waals surface area (Å²) in [5, 5.41) is 9.76. The van der Waals surface area contributed by atoms with Gasteiger partial charge in [0.25, 0.3) is 6.29 Å². The van der Waals surface area contributed by atoms with Gasteiger partial charge in [0.1, 0.15) is 13.2 Å². The predicted octanol–water partition coefficient (Wildman–Crippen LogP) is 23.7. The van der Waals surface area contributed by atoms with Crippen molar-refractivity contribution in [3.8, 4) is 0 Å². The van der Waals surface area contributed by atoms with E-state index >= 15 is 0 Å². The molecule has 0 aliphatic heterocycles. The summed E-state index contributed by atoms with van der Waals surface area (Å²) in [6.45, 7) is 4.67. The van der Waals surface area contributed by atoms with E-state index in [1.807, 2.05) is 21.1 Å². The number of ether oxygens (including phenoxy) is 4. The number of aliphatic carboxylic acids is 1. The van der Waals surface area contributed by atoms with Gasteiger partial charge >= 0.3 is 17.9 Å². The Morgan fingerprint density at radius 2 is 0.593 bits per heavy atom. The first kappa shape index (κ1) is 86.4. The van der Waals surface area contributed by atoms with Crippen LogP contribution in [0.15, 0.2) is 134 Å². The summed E-state index contributed by atoms with van der Waals surface area (Å²) in [5.41, 5.74) is 0. The van der Waals surface area contributed by atoms with Gasteiger partial charge in [-0.25, -0.2) is 4.79 Å². The summed E-state index contributed by atoms with van der Waals surface area (Å²) in [6.07, 6.45) is 100. The highest BCUT2D eigenvalue weighted by Gasteiger charge is 2.25. The fraction of sp³-hybridized carbons (Fsp3) is 0.695. The standard InChI is InChI=1S/C82H139NO8/c1-6-8-10-12-14-16-18-20-22-24-26-28-30-32-34-36-37-38-39-40-41-42-43-45-47-49-51-53-55-57-59-61-63-65-67-69-71-73-80(85)91-78(77-90-82(81(86)87)88-75-74-83(3,4)5)76-89-79(84)72-70-68-66-64-62-60-58-56-54-52-50-48-46-44-35-33-31-29-27-25-23-21-19-17-15-13-11-9-7-2/h8-11,14-17,20-23,26-29,32,34,37-38,40-41,78,82H,6-7,12-13,18-19,24-25,30-31,33,35-36,39,42-77H2,1-5H3/p+1/b10-8-,11-9-,16-14-,17-15-,22-20-,23-21-,28-26-,29-27-,34-32-,38-37-,41-40-. The van der Waals surface area contributed by atoms with Gasteiger partial charge in [-0.2, -0.15) is 0 Å². The van der Waals surface area contributed by atoms with E-state index in [1.54, 1.807) is 0 Å². The third kappa shape index (κ3) is 72.7. The van der Waals surface area contributed by atoms with Crippen LogP contribution < -0.4 is 0 Å². The minimum absolute atomic E-state index is 0.184. The SMILES string of the molecule is CC/C=C\C/C=C\C/C=C\C/C=C\C/C=C\C/C=C\C/C=C\CCCCCCCCCCCCCCCCCC(=O)OC(COC(=O)CCCCCCCCCCCCCCCCCC/C=C\C/C=C\C/C=C\C/C=C\CC)COC(OCC[N+](C)(C)C)C(=O)O. The number of carboxylic acid groups (broad SMARTS) is 1. The van der Waals surface area contributed by atoms with Crippen molar-refractivity contribution in [2.45, 2.75) is 322 Å². The Balaban J connectivity index is 4.08. The van der Waals surface area contributed by atoms with E-state index in [2.05, 4.69) is 148 Å². The molecule has 2 unspecified atom stereocenters. The Kier molecular flexibility index (Phi) is 67.7. The average molecular weight is 1270 g/mol. The third-order valence-electron chi connectivity index (χ3n) is 15.9. The molecule has 0 aliphatic rings. The molecule has 0 radical (unpaired) electrons. The van der Waals surface area contributed by atoms with E-state index in [4.69, 9.17) is 18.9 Å². The van der Waals surface area contributed by atoms with Crippen LogP contribution in [-0.4, -0.2) is 87.4 Å². The number of likely N-dealkylation sites (N-methyl/N-ethyl adjacent to an activating group) is 1. The molecule has 0 aliphatic carbocycles. The third-order valence-corrected chi connectivity index (χ3v) is 15.9. The van der Waals surface area contributed by atoms with Gasteiger partial charge in [0.2, 0.25) is 0 Å². The number of carbonyl (C=O) groups is 3. The molecule has 1 N–H and O–H groups in total. The number of allylic oxidation sites excluding steroid dienone is 22. The largest absolute Gasteiger partial charge is 0.477 e. The zero-order chi connectivity index (χ0) is 66.1. The van der Waals surface area contributed by atoms with Crippen LogP contribution in [-0.2, 0) is 33.3 Å². The van der Waals surface area contributed by atoms with Crippen molar-refractivity contribution in [2.75, 3.05) is 47.5 Å². The first-order valence-electron chi connectivity index (χ1n) is 37.3. The molecule has 0 rings (SSSR count). The summed E-state index contributed by atoms with van der Waals surface area (Å²) < 4.78 is 23.0. The molecule has 0 heterocycles. The van der Waals surface area contributed by atoms with Crippen LogP contribution in [0.5, 0.6) is 0 Å². The molecule has 520 valence electrons. The lowest BCUT2D eigenvalue weighted by atomic mass is 10.0. The van der Waals surface area contributed by atoms with Gasteiger partial charge in [0.05, 0.1) is 34.4 Å². The Morgan fingerprint density at radius 1 is 0.330 bits per heavy atom. The molecule has 0 aromatic carbocycles. The van der Waals surface area contributed by atoms with Crippen LogP contribution >= 0.6 is 0 Å². The number of carboxylic acids is 1. The molecule has 0 fully saturated rings. The molecule has 9 nitrogen and oxygen atoms in total. The average Bonchev–Trinajstić information content (AvgIpc) is 3.50. The second kappa shape index (κ2) is 71.3. The molecular weight excluding hydrogens is 1130 g/mol. The van der Waals surface area contributed by atoms with E-state index in [0.29, 0.717) is 17.4 Å². The topological polar surface area (TPSA) is 108 Å². The second-order valence-corrected chi connectivity index (χ2v) is 25.8. The number of hydrogen-bond acceptors (Lipinski definition) is 7. The zero-order valence-corrected chi connectivity index (χ0v) is 59.5. The van der Waals surface area contributed by atoms with E-state index in [-0.39, 0.29) is 32.2 Å². The molecule has 0 spiro atoms. The molecule has 0 saturated heterocycles. The lowest BCUT2D eigenvalue weighted by molar-refractivity contribution is -0.870. The van der Waals surface area contributed by atoms with E-state index in [1.165, 1.54) is 173 Å². The van der Waals surface area contributed by atoms with Crippen molar-refractivity contribution >= 4 is 17.9 Å². The fourth-order valence-electron chi connectivity index (χ4n) is 10.3. The van der Waals surface area contributed by atoms with Crippen LogP contribution in [0.2, 0.25) is 0 Å². The van der Waals surface area contributed by atoms with E-state index in [9.17, 15) is 19.5 Å². The molecular formula is C82H140NO8+. The number of hydrogen-bond donors (Lipinski definition) is 1. The van der Waals surface area contributed by atoms with Crippen molar-refractivity contribution in [3.05, 3.63) is 134 Å². The number of unbranched alkanes of at least 4 members (excludes halogenated alkanes) is 31. The maximum absolute atomic E-state index is 13.0. The number of quaternary nitrogens is 1. The molecule has 9 heteroatoms.